The first-order valence-corrected chi connectivity index (χ1v) is 6.51. The second-order valence-corrected chi connectivity index (χ2v) is 4.96. The van der Waals surface area contributed by atoms with Gasteiger partial charge in [-0.1, -0.05) is 30.9 Å². The average Bonchev–Trinajstić information content (AvgIpc) is 2.72. The summed E-state index contributed by atoms with van der Waals surface area (Å²) in [6.45, 7) is 3.99. The van der Waals surface area contributed by atoms with Gasteiger partial charge >= 0.3 is 0 Å². The Morgan fingerprint density at radius 2 is 1.74 bits per heavy atom. The molecule has 1 atom stereocenters. The Bertz CT molecular complexity index is 566. The van der Waals surface area contributed by atoms with Crippen LogP contribution in [0.25, 0.3) is 0 Å². The van der Waals surface area contributed by atoms with Gasteiger partial charge in [0.2, 0.25) is 0 Å². The van der Waals surface area contributed by atoms with Crippen molar-refractivity contribution >= 4 is 11.8 Å². The summed E-state index contributed by atoms with van der Waals surface area (Å²) in [7, 11) is 0. The number of imide groups is 1. The third kappa shape index (κ3) is 1.82. The van der Waals surface area contributed by atoms with E-state index in [-0.39, 0.29) is 17.7 Å². The van der Waals surface area contributed by atoms with Crippen LogP contribution in [0.1, 0.15) is 40.0 Å². The molecule has 1 aliphatic heterocycles. The number of carbonyl (C=O) groups excluding carboxylic acids is 2. The summed E-state index contributed by atoms with van der Waals surface area (Å²) in [4.78, 5) is 25.9. The van der Waals surface area contributed by atoms with Gasteiger partial charge in [-0.2, -0.15) is 0 Å². The third-order valence-corrected chi connectivity index (χ3v) is 3.82. The van der Waals surface area contributed by atoms with Gasteiger partial charge in [0, 0.05) is 11.6 Å². The van der Waals surface area contributed by atoms with Crippen LogP contribution in [0.15, 0.2) is 48.7 Å². The second kappa shape index (κ2) is 4.50. The topological polar surface area (TPSA) is 37.4 Å². The van der Waals surface area contributed by atoms with Crippen LogP contribution in [0.4, 0.5) is 0 Å². The van der Waals surface area contributed by atoms with E-state index in [1.807, 2.05) is 0 Å². The number of hydrogen-bond acceptors (Lipinski definition) is 2. The van der Waals surface area contributed by atoms with Gasteiger partial charge in [0.05, 0.1) is 11.1 Å². The molecule has 1 aromatic carbocycles. The molecule has 1 aliphatic carbocycles. The van der Waals surface area contributed by atoms with Crippen LogP contribution in [0.5, 0.6) is 0 Å². The van der Waals surface area contributed by atoms with E-state index in [4.69, 9.17) is 0 Å². The van der Waals surface area contributed by atoms with Gasteiger partial charge < -0.3 is 0 Å². The maximum absolute atomic E-state index is 12.3. The molecule has 1 aromatic rings. The van der Waals surface area contributed by atoms with Crippen LogP contribution in [0.2, 0.25) is 0 Å². The van der Waals surface area contributed by atoms with E-state index in [0.29, 0.717) is 16.8 Å². The predicted molar refractivity (Wildman–Crippen MR) is 72.6 cm³/mol. The molecular weight excluding hydrogens is 238 g/mol. The normalized spacial score (nSPS) is 21.7. The van der Waals surface area contributed by atoms with Crippen LogP contribution < -0.4 is 0 Å². The number of hydrogen-bond donors (Lipinski definition) is 0. The van der Waals surface area contributed by atoms with Gasteiger partial charge in [-0.05, 0) is 31.4 Å². The quantitative estimate of drug-likeness (QED) is 0.599. The summed E-state index contributed by atoms with van der Waals surface area (Å²) in [6, 6.07) is 6.95. The lowest BCUT2D eigenvalue weighted by molar-refractivity contribution is 0.0687. The van der Waals surface area contributed by atoms with E-state index in [0.717, 1.165) is 19.3 Å². The highest BCUT2D eigenvalue weighted by Gasteiger charge is 2.38. The molecule has 2 aliphatic rings. The fraction of sp³-hybridized carbons (Fsp3) is 0.250. The minimum absolute atomic E-state index is 0.187. The van der Waals surface area contributed by atoms with E-state index in [2.05, 4.69) is 18.7 Å². The third-order valence-electron chi connectivity index (χ3n) is 3.82. The molecule has 0 N–H and O–H groups in total. The number of carbonyl (C=O) groups is 2. The van der Waals surface area contributed by atoms with Gasteiger partial charge in [0.1, 0.15) is 0 Å². The van der Waals surface area contributed by atoms with Gasteiger partial charge in [-0.25, -0.2) is 4.90 Å². The fourth-order valence-electron chi connectivity index (χ4n) is 2.73. The molecule has 1 heterocycles. The summed E-state index contributed by atoms with van der Waals surface area (Å²) in [5, 5.41) is 0. The minimum atomic E-state index is -0.236. The van der Waals surface area contributed by atoms with Crippen molar-refractivity contribution < 1.29 is 9.59 Å². The summed E-state index contributed by atoms with van der Waals surface area (Å²) in [5.74, 6) is -0.285. The molecule has 0 aromatic heterocycles. The molecule has 0 bridgehead atoms. The zero-order valence-electron chi connectivity index (χ0n) is 10.6. The Balaban J connectivity index is 1.91. The average molecular weight is 253 g/mol. The number of allylic oxidation sites excluding steroid dienone is 3. The molecule has 0 spiro atoms. The van der Waals surface area contributed by atoms with Crippen molar-refractivity contribution in [2.45, 2.75) is 19.3 Å². The van der Waals surface area contributed by atoms with Crippen LogP contribution in [0.3, 0.4) is 0 Å². The van der Waals surface area contributed by atoms with Gasteiger partial charge in [0.15, 0.2) is 0 Å². The van der Waals surface area contributed by atoms with E-state index in [9.17, 15) is 9.59 Å². The molecule has 0 saturated carbocycles. The van der Waals surface area contributed by atoms with Gasteiger partial charge in [0.25, 0.3) is 11.8 Å². The minimum Gasteiger partial charge on any atom is -0.268 e. The number of nitrogens with zero attached hydrogens (tertiary/aromatic N) is 1. The Hall–Kier alpha value is -2.16. The predicted octanol–water partition coefficient (Wildman–Crippen LogP) is 3.15. The summed E-state index contributed by atoms with van der Waals surface area (Å²) >= 11 is 0. The van der Waals surface area contributed by atoms with Gasteiger partial charge in [-0.3, -0.25) is 9.59 Å². The molecule has 1 unspecified atom stereocenters. The fourth-order valence-corrected chi connectivity index (χ4v) is 2.73. The molecule has 3 nitrogen and oxygen atoms in total. The SMILES string of the molecule is C=C(C1CC=CCC1)N1C(=O)c2ccccc2C1=O. The molecular formula is C16H15NO2. The zero-order chi connectivity index (χ0) is 13.4. The standard InChI is InChI=1S/C16H15NO2/c1-11(12-7-3-2-4-8-12)17-15(18)13-9-5-6-10-14(13)16(17)19/h2-3,5-6,9-10,12H,1,4,7-8H2. The second-order valence-electron chi connectivity index (χ2n) is 4.96. The lowest BCUT2D eigenvalue weighted by atomic mass is 9.91. The molecule has 3 heteroatoms. The van der Waals surface area contributed by atoms with E-state index >= 15 is 0 Å². The zero-order valence-corrected chi connectivity index (χ0v) is 10.6. The van der Waals surface area contributed by atoms with Crippen molar-refractivity contribution in [3.05, 3.63) is 59.8 Å². The van der Waals surface area contributed by atoms with E-state index in [1.165, 1.54) is 4.90 Å². The lowest BCUT2D eigenvalue weighted by Crippen LogP contribution is -2.32. The maximum atomic E-state index is 12.3. The Labute approximate surface area is 112 Å². The van der Waals surface area contributed by atoms with Crippen molar-refractivity contribution in [2.75, 3.05) is 0 Å². The number of fused-ring (bicyclic) bond motifs is 1. The highest BCUT2D eigenvalue weighted by atomic mass is 16.2. The maximum Gasteiger partial charge on any atom is 0.265 e. The Kier molecular flexibility index (Phi) is 2.82. The molecule has 0 fully saturated rings. The monoisotopic (exact) mass is 253 g/mol. The summed E-state index contributed by atoms with van der Waals surface area (Å²) in [5.41, 5.74) is 1.61. The van der Waals surface area contributed by atoms with Crippen molar-refractivity contribution in [2.24, 2.45) is 5.92 Å². The molecule has 96 valence electrons. The molecule has 0 radical (unpaired) electrons. The van der Waals surface area contributed by atoms with Gasteiger partial charge in [-0.15, -0.1) is 0 Å². The molecule has 3 rings (SSSR count). The highest BCUT2D eigenvalue weighted by Crippen LogP contribution is 2.32. The molecule has 19 heavy (non-hydrogen) atoms. The molecule has 2 amide bonds. The summed E-state index contributed by atoms with van der Waals surface area (Å²) in [6.07, 6.45) is 7.01. The number of amides is 2. The number of benzene rings is 1. The van der Waals surface area contributed by atoms with E-state index in [1.54, 1.807) is 24.3 Å². The van der Waals surface area contributed by atoms with Crippen molar-refractivity contribution in [3.63, 3.8) is 0 Å². The lowest BCUT2D eigenvalue weighted by Gasteiger charge is -2.26. The Morgan fingerprint density at radius 3 is 2.26 bits per heavy atom. The smallest absolute Gasteiger partial charge is 0.265 e. The first-order valence-electron chi connectivity index (χ1n) is 6.51. The molecule has 0 saturated heterocycles. The van der Waals surface area contributed by atoms with Crippen LogP contribution in [-0.2, 0) is 0 Å². The highest BCUT2D eigenvalue weighted by molar-refractivity contribution is 6.22. The van der Waals surface area contributed by atoms with Crippen molar-refractivity contribution in [1.29, 1.82) is 0 Å². The van der Waals surface area contributed by atoms with Crippen molar-refractivity contribution in [1.82, 2.24) is 4.90 Å². The van der Waals surface area contributed by atoms with Crippen LogP contribution in [0, 0.1) is 5.92 Å². The first kappa shape index (κ1) is 11.9. The Morgan fingerprint density at radius 1 is 1.11 bits per heavy atom. The largest absolute Gasteiger partial charge is 0.268 e. The summed E-state index contributed by atoms with van der Waals surface area (Å²) < 4.78 is 0. The van der Waals surface area contributed by atoms with E-state index < -0.39 is 0 Å². The van der Waals surface area contributed by atoms with Crippen LogP contribution in [-0.4, -0.2) is 16.7 Å². The number of rotatable bonds is 2. The van der Waals surface area contributed by atoms with Crippen molar-refractivity contribution in [3.8, 4) is 0 Å². The first-order chi connectivity index (χ1) is 9.20. The van der Waals surface area contributed by atoms with Crippen LogP contribution >= 0.6 is 0 Å².